The van der Waals surface area contributed by atoms with Crippen molar-refractivity contribution in [2.24, 2.45) is 0 Å². The Morgan fingerprint density at radius 2 is 0.846 bits per heavy atom. The number of hydrogen-bond acceptors (Lipinski definition) is 4. The third kappa shape index (κ3) is 40.5. The van der Waals surface area contributed by atoms with Crippen molar-refractivity contribution >= 4 is 13.7 Å². The number of phosphoric ester groups is 1. The van der Waals surface area contributed by atoms with Crippen LogP contribution in [0.15, 0.2) is 12.2 Å². The van der Waals surface area contributed by atoms with Gasteiger partial charge in [-0.25, -0.2) is 4.57 Å². The smallest absolute Gasteiger partial charge is 0.387 e. The lowest BCUT2D eigenvalue weighted by atomic mass is 10.0. The van der Waals surface area contributed by atoms with E-state index in [4.69, 9.17) is 9.79 Å². The van der Waals surface area contributed by atoms with Gasteiger partial charge < -0.3 is 20.2 Å². The van der Waals surface area contributed by atoms with Crippen LogP contribution in [0.3, 0.4) is 0 Å². The lowest BCUT2D eigenvalue weighted by Gasteiger charge is -2.22. The maximum atomic E-state index is 12.6. The van der Waals surface area contributed by atoms with Crippen LogP contribution < -0.4 is 5.32 Å². The number of aliphatic hydroxyl groups is 1. The molecular formula is C44H88NO6P. The minimum absolute atomic E-state index is 0.221. The molecule has 0 spiro atoms. The molecule has 0 saturated heterocycles. The summed E-state index contributed by atoms with van der Waals surface area (Å²) in [6.07, 6.45) is 48.1. The Bertz CT molecular complexity index is 819. The minimum Gasteiger partial charge on any atom is -0.387 e. The van der Waals surface area contributed by atoms with Crippen LogP contribution in [0.4, 0.5) is 0 Å². The molecule has 0 aliphatic rings. The minimum atomic E-state index is -4.71. The molecule has 0 aliphatic carbocycles. The second kappa shape index (κ2) is 40.0. The summed E-state index contributed by atoms with van der Waals surface area (Å²) in [4.78, 5) is 30.9. The fourth-order valence-electron chi connectivity index (χ4n) is 7.05. The molecule has 0 saturated carbocycles. The molecule has 7 nitrogen and oxygen atoms in total. The van der Waals surface area contributed by atoms with E-state index in [1.165, 1.54) is 186 Å². The fourth-order valence-corrected chi connectivity index (χ4v) is 7.40. The Morgan fingerprint density at radius 1 is 0.538 bits per heavy atom. The maximum Gasteiger partial charge on any atom is 0.469 e. The number of hydrogen-bond donors (Lipinski definition) is 4. The highest BCUT2D eigenvalue weighted by Gasteiger charge is 2.24. The summed E-state index contributed by atoms with van der Waals surface area (Å²) in [5, 5.41) is 13.4. The molecule has 0 aromatic rings. The van der Waals surface area contributed by atoms with Crippen molar-refractivity contribution < 1.29 is 28.8 Å². The van der Waals surface area contributed by atoms with Gasteiger partial charge in [-0.05, 0) is 19.3 Å². The molecule has 52 heavy (non-hydrogen) atoms. The molecule has 0 aliphatic heterocycles. The van der Waals surface area contributed by atoms with Crippen LogP contribution in [0.25, 0.3) is 0 Å². The lowest BCUT2D eigenvalue weighted by Crippen LogP contribution is -2.45. The molecule has 1 amide bonds. The predicted molar refractivity (Wildman–Crippen MR) is 223 cm³/mol. The summed E-state index contributed by atoms with van der Waals surface area (Å²) in [6.45, 7) is 4.10. The first kappa shape index (κ1) is 51.3. The number of aliphatic hydroxyl groups excluding tert-OH is 1. The van der Waals surface area contributed by atoms with Crippen molar-refractivity contribution in [1.29, 1.82) is 0 Å². The van der Waals surface area contributed by atoms with E-state index in [1.54, 1.807) is 6.08 Å². The molecule has 0 fully saturated rings. The van der Waals surface area contributed by atoms with Crippen molar-refractivity contribution in [3.8, 4) is 0 Å². The van der Waals surface area contributed by atoms with E-state index < -0.39 is 26.6 Å². The van der Waals surface area contributed by atoms with Crippen LogP contribution in [0.1, 0.15) is 245 Å². The zero-order valence-electron chi connectivity index (χ0n) is 34.5. The number of unbranched alkanes of at least 4 members (excludes halogenated alkanes) is 33. The monoisotopic (exact) mass is 758 g/mol. The Hall–Kier alpha value is -0.720. The molecular weight excluding hydrogens is 669 g/mol. The molecule has 0 aromatic heterocycles. The highest BCUT2D eigenvalue weighted by atomic mass is 31.2. The highest BCUT2D eigenvalue weighted by Crippen LogP contribution is 2.35. The molecule has 0 radical (unpaired) electrons. The van der Waals surface area contributed by atoms with Gasteiger partial charge in [0.2, 0.25) is 5.91 Å². The number of phosphoric acid groups is 1. The van der Waals surface area contributed by atoms with Crippen LogP contribution in [0.5, 0.6) is 0 Å². The van der Waals surface area contributed by atoms with Gasteiger partial charge in [-0.1, -0.05) is 231 Å². The lowest BCUT2D eigenvalue weighted by molar-refractivity contribution is -0.123. The first-order chi connectivity index (χ1) is 25.3. The molecule has 4 N–H and O–H groups in total. The topological polar surface area (TPSA) is 116 Å². The van der Waals surface area contributed by atoms with E-state index in [-0.39, 0.29) is 5.91 Å². The number of rotatable bonds is 42. The SMILES string of the molecule is CCCCCCCCCCCCCCCCC/C=C/[C@@H](O)[C@H](COP(=O)(O)O)NC(=O)CCCCCCCCCCCCCCCCCCCCC. The van der Waals surface area contributed by atoms with Crippen LogP contribution in [0.2, 0.25) is 0 Å². The number of allylic oxidation sites excluding steroid dienone is 1. The summed E-state index contributed by atoms with van der Waals surface area (Å²) in [5.74, 6) is -0.221. The highest BCUT2D eigenvalue weighted by molar-refractivity contribution is 7.46. The molecule has 0 heterocycles. The third-order valence-corrected chi connectivity index (χ3v) is 11.0. The van der Waals surface area contributed by atoms with Crippen molar-refractivity contribution in [2.75, 3.05) is 6.61 Å². The van der Waals surface area contributed by atoms with Gasteiger partial charge in [-0.3, -0.25) is 9.32 Å². The van der Waals surface area contributed by atoms with E-state index in [9.17, 15) is 14.5 Å². The standard InChI is InChI=1S/C44H88NO6P/c1-3-5-7-9-11-13-15-17-19-21-22-24-26-28-30-32-34-36-38-40-44(47)45-42(41-51-52(48,49)50)43(46)39-37-35-33-31-29-27-25-23-20-18-16-14-12-10-8-6-4-2/h37,39,42-43,46H,3-36,38,40-41H2,1-2H3,(H,45,47)(H2,48,49,50)/b39-37+/t42-,43+/m0/s1. The normalized spacial score (nSPS) is 13.2. The van der Waals surface area contributed by atoms with Crippen molar-refractivity contribution in [1.82, 2.24) is 5.32 Å². The van der Waals surface area contributed by atoms with Crippen molar-refractivity contribution in [3.05, 3.63) is 12.2 Å². The Balaban J connectivity index is 3.89. The molecule has 0 rings (SSSR count). The van der Waals surface area contributed by atoms with Crippen LogP contribution in [-0.4, -0.2) is 39.6 Å². The second-order valence-corrected chi connectivity index (χ2v) is 17.0. The molecule has 0 unspecified atom stereocenters. The Labute approximate surface area is 322 Å². The van der Waals surface area contributed by atoms with Gasteiger partial charge in [-0.15, -0.1) is 0 Å². The summed E-state index contributed by atoms with van der Waals surface area (Å²) in [5.41, 5.74) is 0. The summed E-state index contributed by atoms with van der Waals surface area (Å²) < 4.78 is 15.9. The number of carbonyl (C=O) groups is 1. The van der Waals surface area contributed by atoms with Crippen LogP contribution >= 0.6 is 7.82 Å². The zero-order valence-corrected chi connectivity index (χ0v) is 35.4. The molecule has 310 valence electrons. The second-order valence-electron chi connectivity index (χ2n) is 15.7. The zero-order chi connectivity index (χ0) is 38.2. The van der Waals surface area contributed by atoms with E-state index in [1.807, 2.05) is 6.08 Å². The van der Waals surface area contributed by atoms with E-state index in [0.29, 0.717) is 6.42 Å². The molecule has 0 bridgehead atoms. The number of nitrogens with one attached hydrogen (secondary N) is 1. The first-order valence-electron chi connectivity index (χ1n) is 22.6. The number of amides is 1. The van der Waals surface area contributed by atoms with Crippen LogP contribution in [0, 0.1) is 0 Å². The summed E-state index contributed by atoms with van der Waals surface area (Å²) in [7, 11) is -4.71. The van der Waals surface area contributed by atoms with Gasteiger partial charge in [0.15, 0.2) is 0 Å². The fraction of sp³-hybridized carbons (Fsp3) is 0.932. The number of carbonyl (C=O) groups excluding carboxylic acids is 1. The summed E-state index contributed by atoms with van der Waals surface area (Å²) in [6, 6.07) is -0.905. The molecule has 0 aromatic carbocycles. The van der Waals surface area contributed by atoms with Gasteiger partial charge in [0, 0.05) is 6.42 Å². The predicted octanol–water partition coefficient (Wildman–Crippen LogP) is 13.6. The molecule has 2 atom stereocenters. The maximum absolute atomic E-state index is 12.6. The average molecular weight is 758 g/mol. The van der Waals surface area contributed by atoms with Gasteiger partial charge in [0.1, 0.15) is 0 Å². The van der Waals surface area contributed by atoms with E-state index in [2.05, 4.69) is 23.7 Å². The quantitative estimate of drug-likeness (QED) is 0.0280. The Kier molecular flexibility index (Phi) is 39.4. The van der Waals surface area contributed by atoms with E-state index in [0.717, 1.165) is 38.5 Å². The van der Waals surface area contributed by atoms with Crippen LogP contribution in [-0.2, 0) is 13.9 Å². The van der Waals surface area contributed by atoms with Gasteiger partial charge in [0.25, 0.3) is 0 Å². The van der Waals surface area contributed by atoms with Gasteiger partial charge in [0.05, 0.1) is 18.8 Å². The van der Waals surface area contributed by atoms with Crippen molar-refractivity contribution in [2.45, 2.75) is 257 Å². The summed E-state index contributed by atoms with van der Waals surface area (Å²) >= 11 is 0. The van der Waals surface area contributed by atoms with Gasteiger partial charge >= 0.3 is 7.82 Å². The first-order valence-corrected chi connectivity index (χ1v) is 24.2. The largest absolute Gasteiger partial charge is 0.469 e. The van der Waals surface area contributed by atoms with Gasteiger partial charge in [-0.2, -0.15) is 0 Å². The average Bonchev–Trinajstić information content (AvgIpc) is 3.11. The molecule has 8 heteroatoms. The third-order valence-electron chi connectivity index (χ3n) is 10.5. The van der Waals surface area contributed by atoms with E-state index >= 15 is 0 Å². The van der Waals surface area contributed by atoms with Crippen molar-refractivity contribution in [3.63, 3.8) is 0 Å². The Morgan fingerprint density at radius 3 is 1.17 bits per heavy atom.